The molecule has 0 atom stereocenters. The molecular formula is C61H39N7. The molecule has 0 aliphatic heterocycles. The summed E-state index contributed by atoms with van der Waals surface area (Å²) in [5, 5.41) is 4.60. The second-order valence-corrected chi connectivity index (χ2v) is 16.9. The van der Waals surface area contributed by atoms with Crippen LogP contribution in [0.3, 0.4) is 0 Å². The standard InChI is InChI=1S/C61H39N7/c1-5-18-40(19-6-1)41-32-34-47(35-33-41)67-53-30-15-13-28-48(53)49-36-37-55-56(57(49)67)50-29-14-16-31-54(50)68(55)61-65-59(44-24-11-4-12-25-44)64-60(66-61)46-27-17-26-45(38-46)52-39-51(42-20-7-2-8-21-42)62-58(63-52)43-22-9-3-10-23-43/h1-39H. The third kappa shape index (κ3) is 6.72. The summed E-state index contributed by atoms with van der Waals surface area (Å²) in [6, 6.07) is 82.1. The van der Waals surface area contributed by atoms with Gasteiger partial charge in [-0.25, -0.2) is 15.0 Å². The van der Waals surface area contributed by atoms with Crippen LogP contribution in [0.1, 0.15) is 0 Å². The highest BCUT2D eigenvalue weighted by atomic mass is 15.2. The molecule has 0 saturated carbocycles. The second-order valence-electron chi connectivity index (χ2n) is 16.9. The van der Waals surface area contributed by atoms with Crippen LogP contribution >= 0.6 is 0 Å². The molecule has 4 aromatic heterocycles. The summed E-state index contributed by atoms with van der Waals surface area (Å²) < 4.78 is 4.62. The third-order valence-corrected chi connectivity index (χ3v) is 12.8. The monoisotopic (exact) mass is 869 g/mol. The van der Waals surface area contributed by atoms with Crippen molar-refractivity contribution in [3.05, 3.63) is 237 Å². The van der Waals surface area contributed by atoms with E-state index < -0.39 is 0 Å². The summed E-state index contributed by atoms with van der Waals surface area (Å²) in [6.07, 6.45) is 0. The molecule has 7 heteroatoms. The van der Waals surface area contributed by atoms with Crippen LogP contribution in [0, 0.1) is 0 Å². The molecule has 0 aliphatic carbocycles. The van der Waals surface area contributed by atoms with E-state index in [0.29, 0.717) is 23.4 Å². The maximum atomic E-state index is 5.38. The first-order chi connectivity index (χ1) is 33.7. The Labute approximate surface area is 392 Å². The largest absolute Gasteiger partial charge is 0.309 e. The summed E-state index contributed by atoms with van der Waals surface area (Å²) in [5.74, 6) is 2.32. The first-order valence-corrected chi connectivity index (χ1v) is 22.8. The Morgan fingerprint density at radius 1 is 0.265 bits per heavy atom. The van der Waals surface area contributed by atoms with Gasteiger partial charge in [-0.1, -0.05) is 194 Å². The van der Waals surface area contributed by atoms with Gasteiger partial charge in [0.25, 0.3) is 0 Å². The van der Waals surface area contributed by atoms with Crippen molar-refractivity contribution in [3.8, 4) is 79.4 Å². The van der Waals surface area contributed by atoms with Crippen LogP contribution in [0.2, 0.25) is 0 Å². The number of hydrogen-bond donors (Lipinski definition) is 0. The first kappa shape index (κ1) is 39.1. The van der Waals surface area contributed by atoms with Gasteiger partial charge in [0.15, 0.2) is 17.5 Å². The fraction of sp³-hybridized carbons (Fsp3) is 0. The first-order valence-electron chi connectivity index (χ1n) is 22.8. The average molecular weight is 870 g/mol. The van der Waals surface area contributed by atoms with Crippen molar-refractivity contribution in [2.45, 2.75) is 0 Å². The minimum absolute atomic E-state index is 0.527. The molecule has 4 heterocycles. The van der Waals surface area contributed by atoms with E-state index in [2.05, 4.69) is 161 Å². The van der Waals surface area contributed by atoms with Gasteiger partial charge in [0.2, 0.25) is 5.95 Å². The van der Waals surface area contributed by atoms with Gasteiger partial charge in [0.1, 0.15) is 0 Å². The van der Waals surface area contributed by atoms with E-state index in [9.17, 15) is 0 Å². The summed E-state index contributed by atoms with van der Waals surface area (Å²) in [5.41, 5.74) is 14.0. The highest BCUT2D eigenvalue weighted by molar-refractivity contribution is 6.26. The Kier molecular flexibility index (Phi) is 9.35. The number of aromatic nitrogens is 7. The molecule has 0 bridgehead atoms. The molecule has 7 nitrogen and oxygen atoms in total. The maximum absolute atomic E-state index is 5.38. The van der Waals surface area contributed by atoms with Crippen LogP contribution in [0.15, 0.2) is 237 Å². The highest BCUT2D eigenvalue weighted by Gasteiger charge is 2.23. The molecule has 0 fully saturated rings. The van der Waals surface area contributed by atoms with Crippen LogP contribution in [0.4, 0.5) is 0 Å². The lowest BCUT2D eigenvalue weighted by molar-refractivity contribution is 0.953. The zero-order valence-corrected chi connectivity index (χ0v) is 36.6. The molecule has 0 N–H and O–H groups in total. The van der Waals surface area contributed by atoms with Crippen LogP contribution in [0.25, 0.3) is 123 Å². The van der Waals surface area contributed by atoms with Crippen molar-refractivity contribution in [2.75, 3.05) is 0 Å². The molecule has 318 valence electrons. The Morgan fingerprint density at radius 3 is 1.41 bits per heavy atom. The van der Waals surface area contributed by atoms with E-state index in [1.807, 2.05) is 84.9 Å². The van der Waals surface area contributed by atoms with Crippen molar-refractivity contribution in [3.63, 3.8) is 0 Å². The Morgan fingerprint density at radius 2 is 0.750 bits per heavy atom. The van der Waals surface area contributed by atoms with E-state index in [0.717, 1.165) is 77.7 Å². The molecule has 0 saturated heterocycles. The molecule has 0 amide bonds. The van der Waals surface area contributed by atoms with Gasteiger partial charge in [-0.2, -0.15) is 9.97 Å². The summed E-state index contributed by atoms with van der Waals surface area (Å²) in [6.45, 7) is 0. The molecular weight excluding hydrogens is 831 g/mol. The topological polar surface area (TPSA) is 74.3 Å². The quantitative estimate of drug-likeness (QED) is 0.152. The van der Waals surface area contributed by atoms with Crippen molar-refractivity contribution in [1.29, 1.82) is 0 Å². The van der Waals surface area contributed by atoms with E-state index in [1.54, 1.807) is 0 Å². The van der Waals surface area contributed by atoms with Crippen molar-refractivity contribution >= 4 is 43.6 Å². The Balaban J connectivity index is 1.02. The molecule has 0 spiro atoms. The Bertz CT molecular complexity index is 3940. The molecule has 13 aromatic rings. The lowest BCUT2D eigenvalue weighted by Gasteiger charge is -2.12. The second kappa shape index (κ2) is 16.3. The van der Waals surface area contributed by atoms with Gasteiger partial charge in [-0.3, -0.25) is 4.57 Å². The molecule has 13 rings (SSSR count). The molecule has 68 heavy (non-hydrogen) atoms. The fourth-order valence-electron chi connectivity index (χ4n) is 9.62. The van der Waals surface area contributed by atoms with Gasteiger partial charge in [0.05, 0.1) is 33.5 Å². The predicted molar refractivity (Wildman–Crippen MR) is 277 cm³/mol. The van der Waals surface area contributed by atoms with Gasteiger partial charge in [-0.15, -0.1) is 0 Å². The van der Waals surface area contributed by atoms with Crippen molar-refractivity contribution in [1.82, 2.24) is 34.1 Å². The van der Waals surface area contributed by atoms with Crippen LogP contribution in [-0.2, 0) is 0 Å². The zero-order valence-electron chi connectivity index (χ0n) is 36.6. The molecule has 9 aromatic carbocycles. The molecule has 0 aliphatic rings. The predicted octanol–water partition coefficient (Wildman–Crippen LogP) is 14.9. The highest BCUT2D eigenvalue weighted by Crippen LogP contribution is 2.42. The summed E-state index contributed by atoms with van der Waals surface area (Å²) >= 11 is 0. The van der Waals surface area contributed by atoms with E-state index in [4.69, 9.17) is 24.9 Å². The Hall–Kier alpha value is -9.33. The summed E-state index contributed by atoms with van der Waals surface area (Å²) in [7, 11) is 0. The molecule has 0 unspecified atom stereocenters. The fourth-order valence-corrected chi connectivity index (χ4v) is 9.62. The average Bonchev–Trinajstić information content (AvgIpc) is 3.95. The number of nitrogens with zero attached hydrogens (tertiary/aromatic N) is 7. The normalized spacial score (nSPS) is 11.5. The van der Waals surface area contributed by atoms with Gasteiger partial charge in [-0.05, 0) is 53.6 Å². The SMILES string of the molecule is c1ccc(-c2ccc(-n3c4ccccc4c4ccc5c(c6ccccc6n5-c5nc(-c6ccccc6)nc(-c6cccc(-c7cc(-c8ccccc8)nc(-c8ccccc8)n7)c6)n5)c43)cc2)cc1. The number of hydrogen-bond acceptors (Lipinski definition) is 5. The number of benzene rings is 9. The van der Waals surface area contributed by atoms with Crippen molar-refractivity contribution < 1.29 is 0 Å². The van der Waals surface area contributed by atoms with Crippen LogP contribution in [0.5, 0.6) is 0 Å². The lowest BCUT2D eigenvalue weighted by Crippen LogP contribution is -2.06. The van der Waals surface area contributed by atoms with E-state index >= 15 is 0 Å². The van der Waals surface area contributed by atoms with Gasteiger partial charge >= 0.3 is 0 Å². The lowest BCUT2D eigenvalue weighted by atomic mass is 10.0. The maximum Gasteiger partial charge on any atom is 0.238 e. The minimum atomic E-state index is 0.527. The van der Waals surface area contributed by atoms with E-state index in [-0.39, 0.29) is 0 Å². The third-order valence-electron chi connectivity index (χ3n) is 12.8. The number of rotatable bonds is 8. The number of fused-ring (bicyclic) bond motifs is 7. The number of para-hydroxylation sites is 2. The minimum Gasteiger partial charge on any atom is -0.309 e. The summed E-state index contributed by atoms with van der Waals surface area (Å²) in [4.78, 5) is 26.1. The van der Waals surface area contributed by atoms with Gasteiger partial charge in [0, 0.05) is 55.0 Å². The van der Waals surface area contributed by atoms with Crippen LogP contribution in [-0.4, -0.2) is 34.1 Å². The van der Waals surface area contributed by atoms with Crippen LogP contribution < -0.4 is 0 Å². The van der Waals surface area contributed by atoms with Crippen molar-refractivity contribution in [2.24, 2.45) is 0 Å². The smallest absolute Gasteiger partial charge is 0.238 e. The van der Waals surface area contributed by atoms with E-state index in [1.165, 1.54) is 21.9 Å². The van der Waals surface area contributed by atoms with Gasteiger partial charge < -0.3 is 4.57 Å². The molecule has 0 radical (unpaired) electrons. The zero-order chi connectivity index (χ0) is 45.0.